The number of hydrogen-bond donors (Lipinski definition) is 2. The Morgan fingerprint density at radius 3 is 2.37 bits per heavy atom. The molecule has 0 bridgehead atoms. The van der Waals surface area contributed by atoms with Gasteiger partial charge in [-0.05, 0) is 49.6 Å². The van der Waals surface area contributed by atoms with Gasteiger partial charge >= 0.3 is 12.1 Å². The molecule has 0 spiro atoms. The van der Waals surface area contributed by atoms with Crippen molar-refractivity contribution in [2.45, 2.75) is 44.7 Å². The molecule has 2 atom stereocenters. The summed E-state index contributed by atoms with van der Waals surface area (Å²) in [6.45, 7) is 4.19. The molecule has 2 saturated carbocycles. The summed E-state index contributed by atoms with van der Waals surface area (Å²) in [4.78, 5) is 15.7. The summed E-state index contributed by atoms with van der Waals surface area (Å²) in [5.74, 6) is 1.93. The van der Waals surface area contributed by atoms with Gasteiger partial charge in [0.05, 0.1) is 12.7 Å². The summed E-state index contributed by atoms with van der Waals surface area (Å²) in [7, 11) is 1.72. The van der Waals surface area contributed by atoms with Crippen LogP contribution in [0.3, 0.4) is 0 Å². The van der Waals surface area contributed by atoms with Crippen LogP contribution < -0.4 is 5.32 Å². The zero-order chi connectivity index (χ0) is 21.7. The first-order chi connectivity index (χ1) is 14.2. The van der Waals surface area contributed by atoms with Crippen LogP contribution in [0.2, 0.25) is 0 Å². The van der Waals surface area contributed by atoms with Crippen molar-refractivity contribution >= 4 is 5.97 Å². The second-order valence-electron chi connectivity index (χ2n) is 9.01. The molecular weight excluding hydrogens is 397 g/mol. The van der Waals surface area contributed by atoms with Crippen molar-refractivity contribution in [2.24, 2.45) is 30.7 Å². The van der Waals surface area contributed by atoms with Crippen LogP contribution in [0.1, 0.15) is 49.0 Å². The van der Waals surface area contributed by atoms with E-state index in [1.807, 2.05) is 4.90 Å². The number of carboxylic acids is 1. The highest BCUT2D eigenvalue weighted by molar-refractivity contribution is 5.84. The Labute approximate surface area is 175 Å². The van der Waals surface area contributed by atoms with Crippen molar-refractivity contribution in [2.75, 3.05) is 32.7 Å². The zero-order valence-corrected chi connectivity index (χ0v) is 17.6. The summed E-state index contributed by atoms with van der Waals surface area (Å²) in [5, 5.41) is 11.9. The van der Waals surface area contributed by atoms with E-state index >= 15 is 0 Å². The van der Waals surface area contributed by atoms with E-state index in [1.54, 1.807) is 11.6 Å². The van der Waals surface area contributed by atoms with Gasteiger partial charge in [-0.15, -0.1) is 0 Å². The predicted octanol–water partition coefficient (Wildman–Crippen LogP) is 3.40. The Bertz CT molecular complexity index is 676. The van der Waals surface area contributed by atoms with E-state index in [0.717, 1.165) is 38.0 Å². The van der Waals surface area contributed by atoms with Crippen LogP contribution in [-0.4, -0.2) is 64.4 Å². The van der Waals surface area contributed by atoms with Gasteiger partial charge in [-0.3, -0.25) is 0 Å². The third-order valence-electron chi connectivity index (χ3n) is 6.62. The van der Waals surface area contributed by atoms with Crippen LogP contribution in [0.25, 0.3) is 0 Å². The fraction of sp³-hybridized carbons (Fsp3) is 0.810. The summed E-state index contributed by atoms with van der Waals surface area (Å²) in [6, 6.07) is 0. The van der Waals surface area contributed by atoms with Crippen molar-refractivity contribution < 1.29 is 23.1 Å². The predicted molar refractivity (Wildman–Crippen MR) is 107 cm³/mol. The minimum Gasteiger partial charge on any atom is -0.476 e. The molecule has 3 fully saturated rings. The molecule has 30 heavy (non-hydrogen) atoms. The minimum absolute atomic E-state index is 0.0810. The lowest BCUT2D eigenvalue weighted by molar-refractivity contribution is -0.137. The average molecular weight is 431 g/mol. The number of alkyl halides is 3. The number of aryl methyl sites for hydroxylation is 1. The highest BCUT2D eigenvalue weighted by Gasteiger charge is 2.54. The fourth-order valence-corrected chi connectivity index (χ4v) is 4.88. The highest BCUT2D eigenvalue weighted by Crippen LogP contribution is 2.51. The maximum absolute atomic E-state index is 12.2. The van der Waals surface area contributed by atoms with Gasteiger partial charge in [0, 0.05) is 32.9 Å². The lowest BCUT2D eigenvalue weighted by Gasteiger charge is -2.23. The largest absolute Gasteiger partial charge is 0.476 e. The van der Waals surface area contributed by atoms with Gasteiger partial charge in [0.25, 0.3) is 0 Å². The molecule has 2 unspecified atom stereocenters. The third kappa shape index (κ3) is 6.97. The Hall–Kier alpha value is -1.61. The van der Waals surface area contributed by atoms with Crippen LogP contribution in [0.5, 0.6) is 0 Å². The first-order valence-corrected chi connectivity index (χ1v) is 10.9. The number of nitrogens with one attached hydrogen (secondary N) is 1. The number of piperidine rings is 1. The Balaban J connectivity index is 0.000000239. The number of hydrogen-bond acceptors (Lipinski definition) is 4. The number of fused-ring (bicyclic) bond motifs is 1. The third-order valence-corrected chi connectivity index (χ3v) is 6.62. The first kappa shape index (κ1) is 23.1. The second kappa shape index (κ2) is 10.1. The van der Waals surface area contributed by atoms with Gasteiger partial charge in [0.1, 0.15) is 0 Å². The number of nitrogens with zero attached hydrogens (tertiary/aromatic N) is 3. The average Bonchev–Trinajstić information content (AvgIpc) is 3.03. The molecule has 1 saturated heterocycles. The van der Waals surface area contributed by atoms with Crippen molar-refractivity contribution in [3.05, 3.63) is 18.2 Å². The minimum atomic E-state index is -4.01. The van der Waals surface area contributed by atoms with E-state index in [-0.39, 0.29) is 12.2 Å². The number of carbonyl (C=O) groups is 1. The molecule has 4 rings (SSSR count). The van der Waals surface area contributed by atoms with Gasteiger partial charge < -0.3 is 19.9 Å². The summed E-state index contributed by atoms with van der Waals surface area (Å²) in [5.41, 5.74) is 0.0810. The molecule has 170 valence electrons. The van der Waals surface area contributed by atoms with Crippen LogP contribution in [0, 0.1) is 23.7 Å². The number of likely N-dealkylation sites (tertiary alicyclic amines) is 1. The molecule has 0 aromatic carbocycles. The van der Waals surface area contributed by atoms with Crippen LogP contribution in [0.15, 0.2) is 12.5 Å². The second-order valence-corrected chi connectivity index (χ2v) is 9.01. The van der Waals surface area contributed by atoms with Gasteiger partial charge in [-0.25, -0.2) is 9.78 Å². The molecule has 9 heteroatoms. The number of halogens is 3. The Kier molecular flexibility index (Phi) is 7.79. The molecule has 2 N–H and O–H groups in total. The molecule has 1 aliphatic heterocycles. The summed E-state index contributed by atoms with van der Waals surface area (Å²) in [6.07, 6.45) is 5.14. The Morgan fingerprint density at radius 2 is 1.87 bits per heavy atom. The van der Waals surface area contributed by atoms with Crippen molar-refractivity contribution in [3.8, 4) is 0 Å². The van der Waals surface area contributed by atoms with Crippen LogP contribution in [0.4, 0.5) is 13.2 Å². The first-order valence-electron chi connectivity index (χ1n) is 10.9. The topological polar surface area (TPSA) is 70.4 Å². The molecule has 2 heterocycles. The maximum Gasteiger partial charge on any atom is 0.390 e. The van der Waals surface area contributed by atoms with E-state index in [1.165, 1.54) is 44.6 Å². The number of carboxylic acid groups (broad SMARTS) is 1. The number of imidazole rings is 1. The number of rotatable bonds is 7. The maximum atomic E-state index is 12.2. The SMILES string of the molecule is Cn1cnc(C(=O)O)c1.FC(F)(F)CCN1CC2C(CNCC3CCCCC3)C2C1. The molecule has 6 nitrogen and oxygen atoms in total. The lowest BCUT2D eigenvalue weighted by Crippen LogP contribution is -2.32. The Morgan fingerprint density at radius 1 is 1.20 bits per heavy atom. The van der Waals surface area contributed by atoms with Gasteiger partial charge in [0.2, 0.25) is 0 Å². The van der Waals surface area contributed by atoms with Gasteiger partial charge in [-0.2, -0.15) is 13.2 Å². The fourth-order valence-electron chi connectivity index (χ4n) is 4.88. The number of aromatic nitrogens is 2. The van der Waals surface area contributed by atoms with Gasteiger partial charge in [0.15, 0.2) is 5.69 Å². The molecule has 1 aromatic rings. The van der Waals surface area contributed by atoms with E-state index in [0.29, 0.717) is 11.8 Å². The molecule has 2 aliphatic carbocycles. The molecule has 3 aliphatic rings. The smallest absolute Gasteiger partial charge is 0.390 e. The molecular formula is C21H33F3N4O2. The lowest BCUT2D eigenvalue weighted by atomic mass is 9.89. The van der Waals surface area contributed by atoms with Crippen molar-refractivity contribution in [1.82, 2.24) is 19.8 Å². The van der Waals surface area contributed by atoms with Crippen molar-refractivity contribution in [1.29, 1.82) is 0 Å². The van der Waals surface area contributed by atoms with E-state index in [9.17, 15) is 18.0 Å². The standard InChI is InChI=1S/C16H27F3N2.C5H6N2O2/c17-16(18,19)6-7-21-10-14-13(15(14)11-21)9-20-8-12-4-2-1-3-5-12;1-7-2-4(5(8)9)6-3-7/h12-15,20H,1-11H2;2-3H,1H3,(H,8,9). The van der Waals surface area contributed by atoms with Crippen molar-refractivity contribution in [3.63, 3.8) is 0 Å². The van der Waals surface area contributed by atoms with E-state index in [2.05, 4.69) is 10.3 Å². The van der Waals surface area contributed by atoms with Gasteiger partial charge in [-0.1, -0.05) is 19.3 Å². The normalized spacial score (nSPS) is 26.7. The quantitative estimate of drug-likeness (QED) is 0.694. The molecule has 0 radical (unpaired) electrons. The molecule has 0 amide bonds. The molecule has 1 aromatic heterocycles. The van der Waals surface area contributed by atoms with E-state index in [4.69, 9.17) is 5.11 Å². The van der Waals surface area contributed by atoms with Crippen LogP contribution >= 0.6 is 0 Å². The summed E-state index contributed by atoms with van der Waals surface area (Å²) >= 11 is 0. The number of aromatic carboxylic acids is 1. The zero-order valence-electron chi connectivity index (χ0n) is 17.6. The highest BCUT2D eigenvalue weighted by atomic mass is 19.4. The van der Waals surface area contributed by atoms with E-state index < -0.39 is 18.6 Å². The van der Waals surface area contributed by atoms with Crippen LogP contribution in [-0.2, 0) is 7.05 Å². The summed E-state index contributed by atoms with van der Waals surface area (Å²) < 4.78 is 38.2. The monoisotopic (exact) mass is 430 g/mol.